The fourth-order valence-electron chi connectivity index (χ4n) is 2.70. The second-order valence-corrected chi connectivity index (χ2v) is 6.45. The van der Waals surface area contributed by atoms with Crippen LogP contribution in [0.5, 0.6) is 0 Å². The van der Waals surface area contributed by atoms with Crippen LogP contribution in [0.15, 0.2) is 24.5 Å². The Bertz CT molecular complexity index is 872. The number of ether oxygens (including phenoxy) is 1. The number of hydrogen-bond acceptors (Lipinski definition) is 4. The summed E-state index contributed by atoms with van der Waals surface area (Å²) in [5.41, 5.74) is 4.83. The molecule has 1 aliphatic heterocycles. The van der Waals surface area contributed by atoms with E-state index in [0.717, 1.165) is 32.2 Å². The van der Waals surface area contributed by atoms with Gasteiger partial charge in [-0.2, -0.15) is 0 Å². The molecule has 1 aromatic carbocycles. The normalized spacial score (nSPS) is 12.5. The highest BCUT2D eigenvalue weighted by atomic mass is 127. The lowest BCUT2D eigenvalue weighted by atomic mass is 10.2. The van der Waals surface area contributed by atoms with E-state index in [-0.39, 0.29) is 0 Å². The molecule has 0 saturated carbocycles. The van der Waals surface area contributed by atoms with Crippen LogP contribution < -0.4 is 0 Å². The molecule has 0 amide bonds. The number of rotatable bonds is 2. The minimum atomic E-state index is 0.427. The molecule has 6 nitrogen and oxygen atoms in total. The molecule has 0 unspecified atom stereocenters. The Kier molecular flexibility index (Phi) is 3.43. The van der Waals surface area contributed by atoms with E-state index in [4.69, 9.17) is 16.3 Å². The number of nitrogens with zero attached hydrogens (tertiary/aromatic N) is 5. The Morgan fingerprint density at radius 3 is 3.00 bits per heavy atom. The van der Waals surface area contributed by atoms with Gasteiger partial charge in [0.1, 0.15) is 15.7 Å². The molecular weight excluding hydrogens is 417 g/mol. The van der Waals surface area contributed by atoms with E-state index in [9.17, 15) is 0 Å². The van der Waals surface area contributed by atoms with Gasteiger partial charge in [-0.3, -0.25) is 4.57 Å². The van der Waals surface area contributed by atoms with E-state index in [1.54, 1.807) is 7.11 Å². The van der Waals surface area contributed by atoms with Crippen LogP contribution in [0.1, 0.15) is 17.1 Å². The third kappa shape index (κ3) is 2.07. The van der Waals surface area contributed by atoms with E-state index in [1.807, 2.05) is 29.2 Å². The van der Waals surface area contributed by atoms with Crippen molar-refractivity contribution in [3.05, 3.63) is 50.3 Å². The standard InChI is InChI=1S/C14H11ClIN5O/c1-22-6-9-11-5-13-14(16)17-7-20(13)10-3-2-8(15)4-12(10)21(11)19-18-9/h2-4,7H,5-6H2,1H3. The molecule has 0 fully saturated rings. The van der Waals surface area contributed by atoms with Crippen LogP contribution in [0.2, 0.25) is 5.02 Å². The molecule has 1 aliphatic rings. The van der Waals surface area contributed by atoms with E-state index in [1.165, 1.54) is 0 Å². The van der Waals surface area contributed by atoms with E-state index in [2.05, 4.69) is 42.5 Å². The van der Waals surface area contributed by atoms with Crippen LogP contribution in [-0.4, -0.2) is 31.7 Å². The monoisotopic (exact) mass is 427 g/mol. The number of halogens is 2. The maximum atomic E-state index is 6.18. The Balaban J connectivity index is 2.04. The molecule has 8 heteroatoms. The van der Waals surface area contributed by atoms with Gasteiger partial charge in [0, 0.05) is 18.6 Å². The molecular formula is C14H11ClIN5O. The van der Waals surface area contributed by atoms with Crippen molar-refractivity contribution < 1.29 is 4.74 Å². The Labute approximate surface area is 145 Å². The highest BCUT2D eigenvalue weighted by molar-refractivity contribution is 14.1. The molecule has 0 N–H and O–H groups in total. The van der Waals surface area contributed by atoms with Gasteiger partial charge in [-0.15, -0.1) is 5.10 Å². The van der Waals surface area contributed by atoms with Gasteiger partial charge in [0.25, 0.3) is 0 Å². The predicted molar refractivity (Wildman–Crippen MR) is 89.7 cm³/mol. The molecule has 0 spiro atoms. The summed E-state index contributed by atoms with van der Waals surface area (Å²) >= 11 is 8.44. The minimum absolute atomic E-state index is 0.427. The van der Waals surface area contributed by atoms with Gasteiger partial charge in [-0.05, 0) is 40.8 Å². The average Bonchev–Trinajstić information content (AvgIpc) is 3.02. The first-order chi connectivity index (χ1) is 10.7. The molecule has 0 radical (unpaired) electrons. The Morgan fingerprint density at radius 2 is 2.18 bits per heavy atom. The zero-order chi connectivity index (χ0) is 15.3. The van der Waals surface area contributed by atoms with Crippen LogP contribution in [0.4, 0.5) is 0 Å². The zero-order valence-electron chi connectivity index (χ0n) is 11.6. The Morgan fingerprint density at radius 1 is 1.32 bits per heavy atom. The molecule has 112 valence electrons. The van der Waals surface area contributed by atoms with Crippen molar-refractivity contribution in [1.29, 1.82) is 0 Å². The van der Waals surface area contributed by atoms with Crippen molar-refractivity contribution >= 4 is 34.2 Å². The van der Waals surface area contributed by atoms with Crippen molar-refractivity contribution in [3.63, 3.8) is 0 Å². The predicted octanol–water partition coefficient (Wildman–Crippen LogP) is 2.76. The SMILES string of the molecule is COCc1nnn2c1Cc1c(I)ncn1-c1ccc(Cl)cc1-2. The quantitative estimate of drug-likeness (QED) is 0.462. The Hall–Kier alpha value is -1.45. The number of aromatic nitrogens is 5. The first-order valence-corrected chi connectivity index (χ1v) is 8.09. The molecule has 0 aliphatic carbocycles. The van der Waals surface area contributed by atoms with Crippen molar-refractivity contribution in [1.82, 2.24) is 24.5 Å². The third-order valence-electron chi connectivity index (χ3n) is 3.70. The number of imidazole rings is 1. The molecule has 3 heterocycles. The van der Waals surface area contributed by atoms with Crippen LogP contribution >= 0.6 is 34.2 Å². The lowest BCUT2D eigenvalue weighted by Gasteiger charge is -2.09. The first-order valence-electron chi connectivity index (χ1n) is 6.63. The van der Waals surface area contributed by atoms with Gasteiger partial charge >= 0.3 is 0 Å². The van der Waals surface area contributed by atoms with Gasteiger partial charge in [0.15, 0.2) is 0 Å². The summed E-state index contributed by atoms with van der Waals surface area (Å²) in [6.07, 6.45) is 2.52. The zero-order valence-corrected chi connectivity index (χ0v) is 14.5. The van der Waals surface area contributed by atoms with Gasteiger partial charge < -0.3 is 4.74 Å². The third-order valence-corrected chi connectivity index (χ3v) is 4.84. The van der Waals surface area contributed by atoms with Gasteiger partial charge in [-0.25, -0.2) is 9.67 Å². The number of methoxy groups -OCH3 is 1. The van der Waals surface area contributed by atoms with E-state index < -0.39 is 0 Å². The lowest BCUT2D eigenvalue weighted by Crippen LogP contribution is -2.04. The maximum absolute atomic E-state index is 6.18. The maximum Gasteiger partial charge on any atom is 0.123 e. The summed E-state index contributed by atoms with van der Waals surface area (Å²) in [4.78, 5) is 4.43. The van der Waals surface area contributed by atoms with E-state index >= 15 is 0 Å². The topological polar surface area (TPSA) is 57.8 Å². The summed E-state index contributed by atoms with van der Waals surface area (Å²) < 4.78 is 10.1. The van der Waals surface area contributed by atoms with Crippen LogP contribution in [0.25, 0.3) is 11.4 Å². The van der Waals surface area contributed by atoms with Crippen molar-refractivity contribution in [2.24, 2.45) is 0 Å². The summed E-state index contributed by atoms with van der Waals surface area (Å²) in [6.45, 7) is 0.427. The second kappa shape index (κ2) is 5.32. The number of benzene rings is 1. The molecule has 22 heavy (non-hydrogen) atoms. The number of hydrogen-bond donors (Lipinski definition) is 0. The molecule has 0 bridgehead atoms. The smallest absolute Gasteiger partial charge is 0.123 e. The summed E-state index contributed by atoms with van der Waals surface area (Å²) in [5.74, 6) is 0. The summed E-state index contributed by atoms with van der Waals surface area (Å²) in [5, 5.41) is 9.22. The van der Waals surface area contributed by atoms with Gasteiger partial charge in [0.2, 0.25) is 0 Å². The number of fused-ring (bicyclic) bond motifs is 5. The molecule has 0 saturated heterocycles. The second-order valence-electron chi connectivity index (χ2n) is 4.99. The van der Waals surface area contributed by atoms with Crippen LogP contribution in [0.3, 0.4) is 0 Å². The molecule has 3 aromatic rings. The summed E-state index contributed by atoms with van der Waals surface area (Å²) in [6, 6.07) is 5.74. The highest BCUT2D eigenvalue weighted by Crippen LogP contribution is 2.32. The lowest BCUT2D eigenvalue weighted by molar-refractivity contribution is 0.180. The van der Waals surface area contributed by atoms with Crippen LogP contribution in [0, 0.1) is 3.70 Å². The van der Waals surface area contributed by atoms with Crippen molar-refractivity contribution in [3.8, 4) is 11.4 Å². The van der Waals surface area contributed by atoms with Gasteiger partial charge in [0.05, 0.1) is 29.4 Å². The highest BCUT2D eigenvalue weighted by Gasteiger charge is 2.25. The molecule has 2 aromatic heterocycles. The summed E-state index contributed by atoms with van der Waals surface area (Å²) in [7, 11) is 1.65. The molecule has 4 rings (SSSR count). The molecule has 0 atom stereocenters. The van der Waals surface area contributed by atoms with Crippen molar-refractivity contribution in [2.45, 2.75) is 13.0 Å². The fraction of sp³-hybridized carbons (Fsp3) is 0.214. The van der Waals surface area contributed by atoms with Gasteiger partial charge in [-0.1, -0.05) is 16.8 Å². The minimum Gasteiger partial charge on any atom is -0.378 e. The first kappa shape index (κ1) is 14.2. The largest absolute Gasteiger partial charge is 0.378 e. The van der Waals surface area contributed by atoms with Crippen molar-refractivity contribution in [2.75, 3.05) is 7.11 Å². The van der Waals surface area contributed by atoms with Crippen LogP contribution in [-0.2, 0) is 17.8 Å². The fourth-order valence-corrected chi connectivity index (χ4v) is 3.44. The average molecular weight is 428 g/mol. The van der Waals surface area contributed by atoms with E-state index in [0.29, 0.717) is 18.1 Å².